The summed E-state index contributed by atoms with van der Waals surface area (Å²) in [5.74, 6) is 2.02. The number of fused-ring (bicyclic) bond motifs is 1. The predicted molar refractivity (Wildman–Crippen MR) is 89.1 cm³/mol. The molecule has 0 radical (unpaired) electrons. The number of rotatable bonds is 3. The van der Waals surface area contributed by atoms with Crippen molar-refractivity contribution in [1.82, 2.24) is 19.4 Å². The first-order chi connectivity index (χ1) is 11.5. The van der Waals surface area contributed by atoms with E-state index >= 15 is 0 Å². The number of carbonyl (C=O) groups excluding carboxylic acids is 2. The summed E-state index contributed by atoms with van der Waals surface area (Å²) in [6.07, 6.45) is 7.36. The van der Waals surface area contributed by atoms with Gasteiger partial charge in [0.1, 0.15) is 5.82 Å². The van der Waals surface area contributed by atoms with Gasteiger partial charge >= 0.3 is 0 Å². The summed E-state index contributed by atoms with van der Waals surface area (Å²) >= 11 is 0. The van der Waals surface area contributed by atoms with Crippen LogP contribution in [0.2, 0.25) is 0 Å². The van der Waals surface area contributed by atoms with Gasteiger partial charge in [0.2, 0.25) is 11.8 Å². The maximum atomic E-state index is 12.6. The van der Waals surface area contributed by atoms with E-state index in [1.54, 1.807) is 0 Å². The predicted octanol–water partition coefficient (Wildman–Crippen LogP) is 1.38. The van der Waals surface area contributed by atoms with E-state index in [1.807, 2.05) is 35.1 Å². The van der Waals surface area contributed by atoms with Crippen LogP contribution in [0.15, 0.2) is 18.3 Å². The average Bonchev–Trinajstić information content (AvgIpc) is 2.96. The van der Waals surface area contributed by atoms with Crippen molar-refractivity contribution in [2.45, 2.75) is 39.3 Å². The Labute approximate surface area is 142 Å². The van der Waals surface area contributed by atoms with E-state index in [0.29, 0.717) is 25.4 Å². The molecule has 1 aliphatic carbocycles. The number of imidazole rings is 1. The van der Waals surface area contributed by atoms with E-state index in [2.05, 4.69) is 16.5 Å². The van der Waals surface area contributed by atoms with Crippen LogP contribution >= 0.6 is 0 Å². The lowest BCUT2D eigenvalue weighted by Crippen LogP contribution is -2.42. The Balaban J connectivity index is 1.46. The van der Waals surface area contributed by atoms with Crippen LogP contribution < -0.4 is 0 Å². The molecule has 1 aromatic rings. The Morgan fingerprint density at radius 1 is 1.21 bits per heavy atom. The summed E-state index contributed by atoms with van der Waals surface area (Å²) in [5.41, 5.74) is 0.808. The summed E-state index contributed by atoms with van der Waals surface area (Å²) in [6, 6.07) is -0.0173. The Bertz CT molecular complexity index is 700. The number of aromatic nitrogens is 2. The minimum absolute atomic E-state index is 0.0173. The van der Waals surface area contributed by atoms with Crippen molar-refractivity contribution < 1.29 is 9.59 Å². The van der Waals surface area contributed by atoms with Crippen molar-refractivity contribution >= 4 is 11.8 Å². The van der Waals surface area contributed by atoms with Crippen LogP contribution in [0.25, 0.3) is 0 Å². The lowest BCUT2D eigenvalue weighted by Gasteiger charge is -2.34. The van der Waals surface area contributed by atoms with Crippen LogP contribution in [-0.2, 0) is 22.6 Å². The summed E-state index contributed by atoms with van der Waals surface area (Å²) in [6.45, 7) is 7.07. The number of hydrogen-bond acceptors (Lipinski definition) is 3. The molecule has 0 bridgehead atoms. The lowest BCUT2D eigenvalue weighted by atomic mass is 10.1. The standard InChI is InChI=1S/C18H24N4O2/c1-12-9-15(12)18(24)22-8-7-21-11-14(19-17(21)13(22)2)10-16(23)20-5-3-4-6-20/h3-4,11-13,15H,5-10H2,1-2H3. The number of nitrogens with zero attached hydrogens (tertiary/aromatic N) is 4. The van der Waals surface area contributed by atoms with Crippen molar-refractivity contribution in [2.24, 2.45) is 11.8 Å². The quantitative estimate of drug-likeness (QED) is 0.788. The molecule has 0 saturated heterocycles. The van der Waals surface area contributed by atoms with Crippen LogP contribution in [-0.4, -0.2) is 50.8 Å². The maximum Gasteiger partial charge on any atom is 0.229 e. The molecule has 6 heteroatoms. The van der Waals surface area contributed by atoms with Crippen molar-refractivity contribution in [3.63, 3.8) is 0 Å². The van der Waals surface area contributed by atoms with Gasteiger partial charge in [0, 0.05) is 38.3 Å². The molecule has 24 heavy (non-hydrogen) atoms. The fourth-order valence-electron chi connectivity index (χ4n) is 3.76. The number of carbonyl (C=O) groups is 2. The highest BCUT2D eigenvalue weighted by Crippen LogP contribution is 2.41. The zero-order chi connectivity index (χ0) is 16.8. The lowest BCUT2D eigenvalue weighted by molar-refractivity contribution is -0.136. The van der Waals surface area contributed by atoms with Crippen LogP contribution in [0.5, 0.6) is 0 Å². The molecule has 1 saturated carbocycles. The van der Waals surface area contributed by atoms with E-state index in [4.69, 9.17) is 0 Å². The normalized spacial score (nSPS) is 28.2. The molecular weight excluding hydrogens is 304 g/mol. The number of amides is 2. The first-order valence-corrected chi connectivity index (χ1v) is 8.84. The van der Waals surface area contributed by atoms with Gasteiger partial charge in [-0.3, -0.25) is 9.59 Å². The van der Waals surface area contributed by atoms with Gasteiger partial charge in [-0.05, 0) is 19.3 Å². The Morgan fingerprint density at radius 2 is 1.92 bits per heavy atom. The Hall–Kier alpha value is -2.11. The second kappa shape index (κ2) is 5.76. The van der Waals surface area contributed by atoms with Gasteiger partial charge in [-0.1, -0.05) is 19.1 Å². The Kier molecular flexibility index (Phi) is 3.70. The minimum atomic E-state index is -0.0173. The highest BCUT2D eigenvalue weighted by atomic mass is 16.2. The zero-order valence-corrected chi connectivity index (χ0v) is 14.3. The van der Waals surface area contributed by atoms with Crippen LogP contribution in [0, 0.1) is 11.8 Å². The highest BCUT2D eigenvalue weighted by Gasteiger charge is 2.44. The van der Waals surface area contributed by atoms with E-state index in [-0.39, 0.29) is 23.8 Å². The smallest absolute Gasteiger partial charge is 0.229 e. The molecule has 3 atom stereocenters. The molecule has 3 aliphatic rings. The molecule has 2 amide bonds. The van der Waals surface area contributed by atoms with E-state index in [0.717, 1.165) is 31.0 Å². The van der Waals surface area contributed by atoms with Gasteiger partial charge < -0.3 is 14.4 Å². The maximum absolute atomic E-state index is 12.6. The third kappa shape index (κ3) is 2.64. The molecule has 0 aromatic carbocycles. The summed E-state index contributed by atoms with van der Waals surface area (Å²) in [4.78, 5) is 33.3. The van der Waals surface area contributed by atoms with Crippen LogP contribution in [0.1, 0.15) is 37.8 Å². The van der Waals surface area contributed by atoms with Gasteiger partial charge in [0.25, 0.3) is 0 Å². The van der Waals surface area contributed by atoms with Gasteiger partial charge in [-0.25, -0.2) is 4.98 Å². The Morgan fingerprint density at radius 3 is 2.58 bits per heavy atom. The van der Waals surface area contributed by atoms with Gasteiger partial charge in [0.15, 0.2) is 0 Å². The monoisotopic (exact) mass is 328 g/mol. The second-order valence-corrected chi connectivity index (χ2v) is 7.26. The molecule has 3 unspecified atom stereocenters. The van der Waals surface area contributed by atoms with Gasteiger partial charge in [-0.2, -0.15) is 0 Å². The van der Waals surface area contributed by atoms with Gasteiger partial charge in [-0.15, -0.1) is 0 Å². The first-order valence-electron chi connectivity index (χ1n) is 8.84. The van der Waals surface area contributed by atoms with Gasteiger partial charge in [0.05, 0.1) is 18.2 Å². The van der Waals surface area contributed by atoms with E-state index < -0.39 is 0 Å². The summed E-state index contributed by atoms with van der Waals surface area (Å²) in [7, 11) is 0. The van der Waals surface area contributed by atoms with E-state index in [9.17, 15) is 9.59 Å². The molecule has 3 heterocycles. The third-order valence-corrected chi connectivity index (χ3v) is 5.49. The molecule has 2 aliphatic heterocycles. The van der Waals surface area contributed by atoms with E-state index in [1.165, 1.54) is 0 Å². The average molecular weight is 328 g/mol. The molecule has 0 spiro atoms. The van der Waals surface area contributed by atoms with Crippen molar-refractivity contribution in [3.8, 4) is 0 Å². The second-order valence-electron chi connectivity index (χ2n) is 7.26. The molecular formula is C18H24N4O2. The largest absolute Gasteiger partial charge is 0.335 e. The van der Waals surface area contributed by atoms with Crippen LogP contribution in [0.4, 0.5) is 0 Å². The topological polar surface area (TPSA) is 58.4 Å². The van der Waals surface area contributed by atoms with Crippen molar-refractivity contribution in [3.05, 3.63) is 29.9 Å². The minimum Gasteiger partial charge on any atom is -0.335 e. The number of hydrogen-bond donors (Lipinski definition) is 0. The molecule has 1 aromatic heterocycles. The van der Waals surface area contributed by atoms with Crippen molar-refractivity contribution in [1.29, 1.82) is 0 Å². The first kappa shape index (κ1) is 15.4. The van der Waals surface area contributed by atoms with Crippen molar-refractivity contribution in [2.75, 3.05) is 19.6 Å². The molecule has 0 N–H and O–H groups in total. The molecule has 4 rings (SSSR count). The zero-order valence-electron chi connectivity index (χ0n) is 14.3. The SMILES string of the molecule is CC1CC1C(=O)N1CCn2cc(CC(=O)N3CC=CC3)nc2C1C. The molecule has 6 nitrogen and oxygen atoms in total. The molecule has 1 fully saturated rings. The third-order valence-electron chi connectivity index (χ3n) is 5.49. The fourth-order valence-corrected chi connectivity index (χ4v) is 3.76. The fraction of sp³-hybridized carbons (Fsp3) is 0.611. The van der Waals surface area contributed by atoms with Crippen LogP contribution in [0.3, 0.4) is 0 Å². The highest BCUT2D eigenvalue weighted by molar-refractivity contribution is 5.82. The summed E-state index contributed by atoms with van der Waals surface area (Å²) < 4.78 is 2.11. The molecule has 128 valence electrons. The summed E-state index contributed by atoms with van der Waals surface area (Å²) in [5, 5.41) is 0.